The van der Waals surface area contributed by atoms with Crippen molar-refractivity contribution in [1.82, 2.24) is 0 Å². The van der Waals surface area contributed by atoms with Gasteiger partial charge in [-0.1, -0.05) is 0 Å². The standard InChI is InChI=1S/C20H22N2O8/c1-4-28-17-9-7-14(11-18(17)29-5-2)21-19(23)12-30-16-8-6-13(20(24)27-3)10-15(16)22(25)26/h6-11H,4-5,12H2,1-3H3,(H,21,23). The maximum Gasteiger partial charge on any atom is 0.338 e. The van der Waals surface area contributed by atoms with Crippen molar-refractivity contribution < 1.29 is 33.5 Å². The summed E-state index contributed by atoms with van der Waals surface area (Å²) in [6.07, 6.45) is 0. The Morgan fingerprint density at radius 1 is 0.967 bits per heavy atom. The number of ether oxygens (including phenoxy) is 4. The predicted molar refractivity (Wildman–Crippen MR) is 107 cm³/mol. The van der Waals surface area contributed by atoms with E-state index in [1.54, 1.807) is 18.2 Å². The number of hydrogen-bond acceptors (Lipinski definition) is 8. The monoisotopic (exact) mass is 418 g/mol. The number of anilines is 1. The van der Waals surface area contributed by atoms with Crippen molar-refractivity contribution in [3.8, 4) is 17.2 Å². The highest BCUT2D eigenvalue weighted by Gasteiger charge is 2.20. The molecule has 2 rings (SSSR count). The third-order valence-corrected chi connectivity index (χ3v) is 3.76. The first kappa shape index (κ1) is 22.5. The van der Waals surface area contributed by atoms with Crippen LogP contribution in [0.4, 0.5) is 11.4 Å². The molecule has 0 aromatic heterocycles. The van der Waals surface area contributed by atoms with Crippen LogP contribution in [0.3, 0.4) is 0 Å². The highest BCUT2D eigenvalue weighted by Crippen LogP contribution is 2.31. The van der Waals surface area contributed by atoms with Crippen LogP contribution in [0.2, 0.25) is 0 Å². The van der Waals surface area contributed by atoms with Crippen molar-refractivity contribution in [3.63, 3.8) is 0 Å². The lowest BCUT2D eigenvalue weighted by atomic mass is 10.2. The average Bonchev–Trinajstić information content (AvgIpc) is 2.73. The van der Waals surface area contributed by atoms with Gasteiger partial charge in [-0.05, 0) is 38.1 Å². The number of nitro benzene ring substituents is 1. The molecule has 160 valence electrons. The lowest BCUT2D eigenvalue weighted by molar-refractivity contribution is -0.385. The molecule has 0 aliphatic carbocycles. The molecule has 0 aliphatic rings. The summed E-state index contributed by atoms with van der Waals surface area (Å²) in [6, 6.07) is 8.49. The van der Waals surface area contributed by atoms with Gasteiger partial charge in [0.1, 0.15) is 0 Å². The molecule has 2 aromatic rings. The van der Waals surface area contributed by atoms with Crippen LogP contribution in [-0.2, 0) is 9.53 Å². The summed E-state index contributed by atoms with van der Waals surface area (Å²) in [6.45, 7) is 4.08. The summed E-state index contributed by atoms with van der Waals surface area (Å²) < 4.78 is 20.8. The van der Waals surface area contributed by atoms with Gasteiger partial charge in [0.25, 0.3) is 5.91 Å². The molecule has 0 radical (unpaired) electrons. The summed E-state index contributed by atoms with van der Waals surface area (Å²) in [7, 11) is 1.17. The van der Waals surface area contributed by atoms with Gasteiger partial charge in [-0.3, -0.25) is 14.9 Å². The number of nitrogens with one attached hydrogen (secondary N) is 1. The van der Waals surface area contributed by atoms with Gasteiger partial charge in [0.05, 0.1) is 30.8 Å². The number of amides is 1. The minimum atomic E-state index is -0.719. The number of methoxy groups -OCH3 is 1. The number of hydrogen-bond donors (Lipinski definition) is 1. The Hall–Kier alpha value is -3.82. The Bertz CT molecular complexity index is 929. The quantitative estimate of drug-likeness (QED) is 0.354. The van der Waals surface area contributed by atoms with Crippen molar-refractivity contribution in [3.05, 3.63) is 52.1 Å². The van der Waals surface area contributed by atoms with E-state index < -0.39 is 29.1 Å². The van der Waals surface area contributed by atoms with Crippen molar-refractivity contribution in [1.29, 1.82) is 0 Å². The van der Waals surface area contributed by atoms with Crippen LogP contribution in [0, 0.1) is 10.1 Å². The average molecular weight is 418 g/mol. The molecule has 0 bridgehead atoms. The third kappa shape index (κ3) is 5.84. The topological polar surface area (TPSA) is 126 Å². The Labute approximate surface area is 172 Å². The first-order valence-electron chi connectivity index (χ1n) is 9.08. The molecule has 0 unspecified atom stereocenters. The Morgan fingerprint density at radius 2 is 1.63 bits per heavy atom. The smallest absolute Gasteiger partial charge is 0.338 e. The molecular formula is C20H22N2O8. The van der Waals surface area contributed by atoms with E-state index in [-0.39, 0.29) is 11.3 Å². The Balaban J connectivity index is 2.08. The van der Waals surface area contributed by atoms with Crippen LogP contribution < -0.4 is 19.5 Å². The van der Waals surface area contributed by atoms with E-state index in [9.17, 15) is 19.7 Å². The fourth-order valence-electron chi connectivity index (χ4n) is 2.50. The molecule has 10 heteroatoms. The number of esters is 1. The summed E-state index contributed by atoms with van der Waals surface area (Å²) in [5.74, 6) is -0.373. The summed E-state index contributed by atoms with van der Waals surface area (Å²) in [5.41, 5.74) is -0.00437. The maximum atomic E-state index is 12.2. The number of carbonyl (C=O) groups is 2. The number of carbonyl (C=O) groups excluding carboxylic acids is 2. The van der Waals surface area contributed by atoms with E-state index in [1.807, 2.05) is 13.8 Å². The largest absolute Gasteiger partial charge is 0.490 e. The predicted octanol–water partition coefficient (Wildman–Crippen LogP) is 3.20. The molecular weight excluding hydrogens is 396 g/mol. The molecule has 0 saturated heterocycles. The molecule has 0 fully saturated rings. The summed E-state index contributed by atoms with van der Waals surface area (Å²) in [4.78, 5) is 34.3. The van der Waals surface area contributed by atoms with Crippen molar-refractivity contribution in [2.75, 3.05) is 32.2 Å². The molecule has 2 aromatic carbocycles. The molecule has 0 aliphatic heterocycles. The summed E-state index contributed by atoms with van der Waals surface area (Å²) >= 11 is 0. The van der Waals surface area contributed by atoms with E-state index in [0.717, 1.165) is 6.07 Å². The zero-order valence-electron chi connectivity index (χ0n) is 16.8. The number of benzene rings is 2. The van der Waals surface area contributed by atoms with E-state index >= 15 is 0 Å². The van der Waals surface area contributed by atoms with Crippen LogP contribution >= 0.6 is 0 Å². The molecule has 0 atom stereocenters. The number of rotatable bonds is 10. The highest BCUT2D eigenvalue weighted by atomic mass is 16.6. The van der Waals surface area contributed by atoms with Crippen LogP contribution in [0.1, 0.15) is 24.2 Å². The molecule has 30 heavy (non-hydrogen) atoms. The van der Waals surface area contributed by atoms with Gasteiger partial charge in [-0.25, -0.2) is 4.79 Å². The Morgan fingerprint density at radius 3 is 2.27 bits per heavy atom. The van der Waals surface area contributed by atoms with Gasteiger partial charge in [-0.15, -0.1) is 0 Å². The van der Waals surface area contributed by atoms with Crippen LogP contribution in [0.25, 0.3) is 0 Å². The van der Waals surface area contributed by atoms with E-state index in [4.69, 9.17) is 14.2 Å². The third-order valence-electron chi connectivity index (χ3n) is 3.76. The molecule has 0 heterocycles. The first-order chi connectivity index (χ1) is 14.4. The normalized spacial score (nSPS) is 10.1. The lowest BCUT2D eigenvalue weighted by Gasteiger charge is -2.13. The van der Waals surface area contributed by atoms with Crippen LogP contribution in [0.15, 0.2) is 36.4 Å². The second-order valence-electron chi connectivity index (χ2n) is 5.80. The zero-order valence-corrected chi connectivity index (χ0v) is 16.8. The van der Waals surface area contributed by atoms with E-state index in [0.29, 0.717) is 30.4 Å². The minimum absolute atomic E-state index is 0.00107. The van der Waals surface area contributed by atoms with Crippen molar-refractivity contribution in [2.45, 2.75) is 13.8 Å². The van der Waals surface area contributed by atoms with Gasteiger partial charge in [-0.2, -0.15) is 0 Å². The fraction of sp³-hybridized carbons (Fsp3) is 0.300. The van der Waals surface area contributed by atoms with Crippen LogP contribution in [-0.4, -0.2) is 43.7 Å². The summed E-state index contributed by atoms with van der Waals surface area (Å²) in [5, 5.41) is 13.9. The fourth-order valence-corrected chi connectivity index (χ4v) is 2.50. The van der Waals surface area contributed by atoms with Gasteiger partial charge in [0, 0.05) is 17.8 Å². The minimum Gasteiger partial charge on any atom is -0.490 e. The number of nitrogens with zero attached hydrogens (tertiary/aromatic N) is 1. The molecule has 1 N–H and O–H groups in total. The highest BCUT2D eigenvalue weighted by molar-refractivity contribution is 5.92. The SMILES string of the molecule is CCOc1ccc(NC(=O)COc2ccc(C(=O)OC)cc2[N+](=O)[O-])cc1OCC. The molecule has 10 nitrogen and oxygen atoms in total. The second-order valence-corrected chi connectivity index (χ2v) is 5.80. The molecule has 1 amide bonds. The van der Waals surface area contributed by atoms with Gasteiger partial charge in [0.2, 0.25) is 0 Å². The van der Waals surface area contributed by atoms with Crippen molar-refractivity contribution >= 4 is 23.3 Å². The molecule has 0 spiro atoms. The van der Waals surface area contributed by atoms with Gasteiger partial charge >= 0.3 is 11.7 Å². The van der Waals surface area contributed by atoms with Gasteiger partial charge in [0.15, 0.2) is 23.9 Å². The van der Waals surface area contributed by atoms with E-state index in [2.05, 4.69) is 10.1 Å². The molecule has 0 saturated carbocycles. The van der Waals surface area contributed by atoms with Crippen LogP contribution in [0.5, 0.6) is 17.2 Å². The van der Waals surface area contributed by atoms with Crippen molar-refractivity contribution in [2.24, 2.45) is 0 Å². The number of nitro groups is 1. The lowest BCUT2D eigenvalue weighted by Crippen LogP contribution is -2.20. The van der Waals surface area contributed by atoms with E-state index in [1.165, 1.54) is 19.2 Å². The maximum absolute atomic E-state index is 12.2. The zero-order chi connectivity index (χ0) is 22.1. The van der Waals surface area contributed by atoms with Gasteiger partial charge < -0.3 is 24.3 Å². The first-order valence-corrected chi connectivity index (χ1v) is 9.08. The Kier molecular flexibility index (Phi) is 7.98. The second kappa shape index (κ2) is 10.6.